The fourth-order valence-electron chi connectivity index (χ4n) is 3.82. The van der Waals surface area contributed by atoms with Crippen molar-refractivity contribution in [3.8, 4) is 0 Å². The van der Waals surface area contributed by atoms with Crippen LogP contribution in [0.1, 0.15) is 16.1 Å². The van der Waals surface area contributed by atoms with Crippen LogP contribution in [0.3, 0.4) is 0 Å². The third-order valence-electron chi connectivity index (χ3n) is 5.33. The molecule has 1 aliphatic rings. The molecule has 1 fully saturated rings. The van der Waals surface area contributed by atoms with E-state index < -0.39 is 0 Å². The Bertz CT molecular complexity index is 1110. The summed E-state index contributed by atoms with van der Waals surface area (Å²) in [6.07, 6.45) is 3.51. The summed E-state index contributed by atoms with van der Waals surface area (Å²) < 4.78 is 3.30. The first-order chi connectivity index (χ1) is 14.3. The first-order valence-electron chi connectivity index (χ1n) is 9.71. The van der Waals surface area contributed by atoms with Crippen molar-refractivity contribution in [1.82, 2.24) is 19.4 Å². The predicted molar refractivity (Wildman–Crippen MR) is 116 cm³/mol. The summed E-state index contributed by atoms with van der Waals surface area (Å²) in [5, 5.41) is 2.08. The zero-order valence-corrected chi connectivity index (χ0v) is 16.8. The minimum Gasteiger partial charge on any atom is -0.337 e. The van der Waals surface area contributed by atoms with Gasteiger partial charge in [-0.1, -0.05) is 30.3 Å². The Balaban J connectivity index is 1.37. The molecule has 7 heteroatoms. The quantitative estimate of drug-likeness (QED) is 0.523. The maximum Gasteiger partial charge on any atom is 0.270 e. The highest BCUT2D eigenvalue weighted by Gasteiger charge is 2.26. The second kappa shape index (κ2) is 7.67. The van der Waals surface area contributed by atoms with Gasteiger partial charge in [0.15, 0.2) is 0 Å². The Hall–Kier alpha value is -3.19. The van der Waals surface area contributed by atoms with Crippen LogP contribution < -0.4 is 4.90 Å². The Morgan fingerprint density at radius 1 is 0.966 bits per heavy atom. The number of fused-ring (bicyclic) bond motifs is 1. The van der Waals surface area contributed by atoms with Crippen molar-refractivity contribution in [3.63, 3.8) is 0 Å². The van der Waals surface area contributed by atoms with E-state index in [9.17, 15) is 4.79 Å². The molecule has 0 unspecified atom stereocenters. The van der Waals surface area contributed by atoms with Crippen molar-refractivity contribution in [3.05, 3.63) is 77.6 Å². The molecule has 1 saturated heterocycles. The zero-order valence-electron chi connectivity index (χ0n) is 15.9. The number of amides is 1. The number of rotatable bonds is 4. The predicted octanol–water partition coefficient (Wildman–Crippen LogP) is 3.50. The topological polar surface area (TPSA) is 54.3 Å². The van der Waals surface area contributed by atoms with Gasteiger partial charge in [0.25, 0.3) is 5.91 Å². The minimum atomic E-state index is 0.0953. The van der Waals surface area contributed by atoms with E-state index in [1.165, 1.54) is 5.56 Å². The SMILES string of the molecule is O=C(c1cc2sccc2n1Cc1ccccc1)N1CCN(c2ncccn2)CC1. The van der Waals surface area contributed by atoms with Gasteiger partial charge in [0.2, 0.25) is 5.95 Å². The van der Waals surface area contributed by atoms with Gasteiger partial charge in [-0.05, 0) is 29.1 Å². The number of benzene rings is 1. The molecule has 4 heterocycles. The Labute approximate surface area is 173 Å². The Kier molecular flexibility index (Phi) is 4.73. The highest BCUT2D eigenvalue weighted by Crippen LogP contribution is 2.27. The summed E-state index contributed by atoms with van der Waals surface area (Å²) in [6.45, 7) is 3.51. The monoisotopic (exact) mass is 403 g/mol. The zero-order chi connectivity index (χ0) is 19.6. The Morgan fingerprint density at radius 2 is 1.72 bits per heavy atom. The molecular formula is C22H21N5OS. The molecule has 0 spiro atoms. The van der Waals surface area contributed by atoms with Crippen LogP contribution in [-0.2, 0) is 6.54 Å². The van der Waals surface area contributed by atoms with Crippen LogP contribution in [0, 0.1) is 0 Å². The average Bonchev–Trinajstić information content (AvgIpc) is 3.37. The lowest BCUT2D eigenvalue weighted by Gasteiger charge is -2.34. The van der Waals surface area contributed by atoms with Crippen LogP contribution in [-0.4, -0.2) is 51.5 Å². The lowest BCUT2D eigenvalue weighted by atomic mass is 10.2. The van der Waals surface area contributed by atoms with E-state index in [2.05, 4.69) is 43.0 Å². The van der Waals surface area contributed by atoms with Crippen LogP contribution in [0.5, 0.6) is 0 Å². The third kappa shape index (κ3) is 3.49. The van der Waals surface area contributed by atoms with Crippen LogP contribution in [0.15, 0.2) is 66.3 Å². The van der Waals surface area contributed by atoms with Gasteiger partial charge in [0.05, 0.1) is 10.2 Å². The number of carbonyl (C=O) groups excluding carboxylic acids is 1. The van der Waals surface area contributed by atoms with Gasteiger partial charge in [0, 0.05) is 45.1 Å². The standard InChI is InChI=1S/C22H21N5OS/c28-21(25-10-12-26(13-11-25)22-23-8-4-9-24-22)19-15-20-18(7-14-29-20)27(19)16-17-5-2-1-3-6-17/h1-9,14-15H,10-13,16H2. The van der Waals surface area contributed by atoms with E-state index in [-0.39, 0.29) is 5.91 Å². The number of hydrogen-bond acceptors (Lipinski definition) is 5. The number of nitrogens with zero attached hydrogens (tertiary/aromatic N) is 5. The summed E-state index contributed by atoms with van der Waals surface area (Å²) in [5.74, 6) is 0.825. The van der Waals surface area contributed by atoms with Gasteiger partial charge in [0.1, 0.15) is 5.69 Å². The normalized spacial score (nSPS) is 14.5. The lowest BCUT2D eigenvalue weighted by Crippen LogP contribution is -2.49. The van der Waals surface area contributed by atoms with Crippen molar-refractivity contribution in [2.24, 2.45) is 0 Å². The smallest absolute Gasteiger partial charge is 0.270 e. The number of aromatic nitrogens is 3. The summed E-state index contributed by atoms with van der Waals surface area (Å²) in [5.41, 5.74) is 3.08. The summed E-state index contributed by atoms with van der Waals surface area (Å²) in [6, 6.07) is 16.3. The van der Waals surface area contributed by atoms with Crippen LogP contribution >= 0.6 is 11.3 Å². The maximum absolute atomic E-state index is 13.4. The highest BCUT2D eigenvalue weighted by molar-refractivity contribution is 7.17. The molecule has 0 N–H and O–H groups in total. The van der Waals surface area contributed by atoms with E-state index in [1.807, 2.05) is 35.2 Å². The molecule has 4 aromatic rings. The molecule has 1 aliphatic heterocycles. The average molecular weight is 404 g/mol. The maximum atomic E-state index is 13.4. The molecule has 0 radical (unpaired) electrons. The largest absolute Gasteiger partial charge is 0.337 e. The summed E-state index contributed by atoms with van der Waals surface area (Å²) in [4.78, 5) is 26.1. The molecule has 29 heavy (non-hydrogen) atoms. The molecule has 3 aromatic heterocycles. The van der Waals surface area contributed by atoms with E-state index in [0.29, 0.717) is 19.6 Å². The number of hydrogen-bond donors (Lipinski definition) is 0. The third-order valence-corrected chi connectivity index (χ3v) is 6.18. The first kappa shape index (κ1) is 17.9. The van der Waals surface area contributed by atoms with E-state index >= 15 is 0 Å². The molecule has 0 aliphatic carbocycles. The number of piperazine rings is 1. The Morgan fingerprint density at radius 3 is 2.48 bits per heavy atom. The molecule has 6 nitrogen and oxygen atoms in total. The van der Waals surface area contributed by atoms with Gasteiger partial charge in [-0.15, -0.1) is 11.3 Å². The lowest BCUT2D eigenvalue weighted by molar-refractivity contribution is 0.0736. The molecule has 0 atom stereocenters. The van der Waals surface area contributed by atoms with E-state index in [1.54, 1.807) is 23.7 Å². The van der Waals surface area contributed by atoms with Crippen molar-refractivity contribution < 1.29 is 4.79 Å². The molecule has 1 amide bonds. The van der Waals surface area contributed by atoms with Gasteiger partial charge in [-0.3, -0.25) is 4.79 Å². The first-order valence-corrected chi connectivity index (χ1v) is 10.6. The van der Waals surface area contributed by atoms with E-state index in [0.717, 1.165) is 34.9 Å². The second-order valence-corrected chi connectivity index (χ2v) is 8.05. The summed E-state index contributed by atoms with van der Waals surface area (Å²) in [7, 11) is 0. The second-order valence-electron chi connectivity index (χ2n) is 7.10. The van der Waals surface area contributed by atoms with Crippen molar-refractivity contribution in [2.45, 2.75) is 6.54 Å². The van der Waals surface area contributed by atoms with Gasteiger partial charge >= 0.3 is 0 Å². The van der Waals surface area contributed by atoms with Crippen LogP contribution in [0.2, 0.25) is 0 Å². The van der Waals surface area contributed by atoms with Crippen LogP contribution in [0.25, 0.3) is 10.2 Å². The fourth-order valence-corrected chi connectivity index (χ4v) is 4.64. The highest BCUT2D eigenvalue weighted by atomic mass is 32.1. The van der Waals surface area contributed by atoms with Gasteiger partial charge in [-0.25, -0.2) is 9.97 Å². The molecule has 1 aromatic carbocycles. The minimum absolute atomic E-state index is 0.0953. The molecule has 146 valence electrons. The number of thiophene rings is 1. The summed E-state index contributed by atoms with van der Waals surface area (Å²) >= 11 is 1.68. The molecule has 5 rings (SSSR count). The molecule has 0 bridgehead atoms. The molecular weight excluding hydrogens is 382 g/mol. The van der Waals surface area contributed by atoms with Crippen LogP contribution in [0.4, 0.5) is 5.95 Å². The van der Waals surface area contributed by atoms with E-state index in [4.69, 9.17) is 0 Å². The number of carbonyl (C=O) groups is 1. The van der Waals surface area contributed by atoms with Crippen molar-refractivity contribution >= 4 is 33.4 Å². The molecule has 0 saturated carbocycles. The van der Waals surface area contributed by atoms with Crippen molar-refractivity contribution in [2.75, 3.05) is 31.1 Å². The fraction of sp³-hybridized carbons (Fsp3) is 0.227. The van der Waals surface area contributed by atoms with Gasteiger partial charge in [-0.2, -0.15) is 0 Å². The number of anilines is 1. The van der Waals surface area contributed by atoms with Gasteiger partial charge < -0.3 is 14.4 Å². The van der Waals surface area contributed by atoms with Crippen molar-refractivity contribution in [1.29, 1.82) is 0 Å².